The Morgan fingerprint density at radius 3 is 2.20 bits per heavy atom. The van der Waals surface area contributed by atoms with Gasteiger partial charge < -0.3 is 5.11 Å². The number of rotatable bonds is 2. The van der Waals surface area contributed by atoms with Crippen LogP contribution < -0.4 is 0 Å². The summed E-state index contributed by atoms with van der Waals surface area (Å²) in [6.45, 7) is 3.85. The van der Waals surface area contributed by atoms with E-state index in [1.807, 2.05) is 38.1 Å². The van der Waals surface area contributed by atoms with E-state index in [2.05, 4.69) is 6.07 Å². The summed E-state index contributed by atoms with van der Waals surface area (Å²) in [5.74, 6) is 0. The van der Waals surface area contributed by atoms with E-state index in [4.69, 9.17) is 0 Å². The maximum Gasteiger partial charge on any atom is 0.106 e. The molecule has 2 rings (SSSR count). The Morgan fingerprint density at radius 2 is 1.65 bits per heavy atom. The highest BCUT2D eigenvalue weighted by Gasteiger charge is 2.48. The Morgan fingerprint density at radius 1 is 1.10 bits per heavy atom. The van der Waals surface area contributed by atoms with Gasteiger partial charge in [-0.05, 0) is 37.8 Å². The maximum absolute atomic E-state index is 11.2. The largest absolute Gasteiger partial charge is 0.384 e. The number of aryl methyl sites for hydroxylation is 1. The molecule has 2 heteroatoms. The molecular weight excluding hydrogens is 246 g/mol. The summed E-state index contributed by atoms with van der Waals surface area (Å²) in [4.78, 5) is 0. The lowest BCUT2D eigenvalue weighted by molar-refractivity contribution is -0.0587. The lowest BCUT2D eigenvalue weighted by Crippen LogP contribution is -2.43. The van der Waals surface area contributed by atoms with Crippen LogP contribution in [0.3, 0.4) is 0 Å². The monoisotopic (exact) mass is 271 g/mol. The Labute approximate surface area is 122 Å². The molecule has 0 saturated heterocycles. The SMILES string of the molecule is Cc1ccccc1C(C)(O)C1(C#N)CCCCCCC1. The van der Waals surface area contributed by atoms with Crippen LogP contribution in [0.5, 0.6) is 0 Å². The average Bonchev–Trinajstić information content (AvgIpc) is 2.39. The lowest BCUT2D eigenvalue weighted by Gasteiger charge is -2.42. The van der Waals surface area contributed by atoms with Crippen molar-refractivity contribution in [2.45, 2.75) is 64.4 Å². The van der Waals surface area contributed by atoms with Crippen molar-refractivity contribution in [2.24, 2.45) is 5.41 Å². The number of benzene rings is 1. The summed E-state index contributed by atoms with van der Waals surface area (Å²) in [6, 6.07) is 10.4. The second kappa shape index (κ2) is 5.97. The summed E-state index contributed by atoms with van der Waals surface area (Å²) in [5, 5.41) is 21.1. The van der Waals surface area contributed by atoms with Crippen molar-refractivity contribution in [1.82, 2.24) is 0 Å². The molecule has 0 spiro atoms. The van der Waals surface area contributed by atoms with Crippen LogP contribution in [0.1, 0.15) is 63.0 Å². The summed E-state index contributed by atoms with van der Waals surface area (Å²) in [5.41, 5.74) is 0.237. The van der Waals surface area contributed by atoms with Crippen molar-refractivity contribution in [3.63, 3.8) is 0 Å². The van der Waals surface area contributed by atoms with Crippen molar-refractivity contribution in [2.75, 3.05) is 0 Å². The van der Waals surface area contributed by atoms with Gasteiger partial charge in [-0.1, -0.05) is 56.4 Å². The third-order valence-electron chi connectivity index (χ3n) is 5.02. The highest BCUT2D eigenvalue weighted by molar-refractivity contribution is 5.34. The molecule has 1 aromatic carbocycles. The number of nitrogens with zero attached hydrogens (tertiary/aromatic N) is 1. The van der Waals surface area contributed by atoms with E-state index in [9.17, 15) is 10.4 Å². The fourth-order valence-corrected chi connectivity index (χ4v) is 3.59. The normalized spacial score (nSPS) is 22.1. The van der Waals surface area contributed by atoms with Gasteiger partial charge in [-0.2, -0.15) is 5.26 Å². The van der Waals surface area contributed by atoms with Crippen LogP contribution in [0.15, 0.2) is 24.3 Å². The van der Waals surface area contributed by atoms with Crippen LogP contribution in [0.25, 0.3) is 0 Å². The van der Waals surface area contributed by atoms with Crippen LogP contribution in [0.2, 0.25) is 0 Å². The zero-order valence-corrected chi connectivity index (χ0v) is 12.7. The minimum absolute atomic E-state index is 0.653. The highest BCUT2D eigenvalue weighted by Crippen LogP contribution is 2.48. The fraction of sp³-hybridized carbons (Fsp3) is 0.611. The first-order valence-electron chi connectivity index (χ1n) is 7.73. The van der Waals surface area contributed by atoms with Crippen molar-refractivity contribution >= 4 is 0 Å². The topological polar surface area (TPSA) is 44.0 Å². The summed E-state index contributed by atoms with van der Waals surface area (Å²) >= 11 is 0. The van der Waals surface area contributed by atoms with E-state index in [0.29, 0.717) is 0 Å². The molecule has 1 aliphatic rings. The van der Waals surface area contributed by atoms with Crippen molar-refractivity contribution < 1.29 is 5.11 Å². The molecule has 1 unspecified atom stereocenters. The summed E-state index contributed by atoms with van der Waals surface area (Å²) in [7, 11) is 0. The Balaban J connectivity index is 2.42. The Bertz CT molecular complexity index is 490. The second-order valence-electron chi connectivity index (χ2n) is 6.35. The van der Waals surface area contributed by atoms with Crippen LogP contribution in [-0.4, -0.2) is 5.11 Å². The molecule has 1 fully saturated rings. The molecule has 1 aliphatic carbocycles. The van der Waals surface area contributed by atoms with E-state index < -0.39 is 11.0 Å². The van der Waals surface area contributed by atoms with Gasteiger partial charge in [-0.25, -0.2) is 0 Å². The molecule has 0 aliphatic heterocycles. The molecule has 108 valence electrons. The number of nitriles is 1. The van der Waals surface area contributed by atoms with Gasteiger partial charge in [0.25, 0.3) is 0 Å². The maximum atomic E-state index is 11.2. The molecule has 20 heavy (non-hydrogen) atoms. The highest BCUT2D eigenvalue weighted by atomic mass is 16.3. The van der Waals surface area contributed by atoms with Crippen LogP contribution in [0.4, 0.5) is 0 Å². The first kappa shape index (κ1) is 15.1. The predicted molar refractivity (Wildman–Crippen MR) is 81.1 cm³/mol. The molecule has 0 bridgehead atoms. The molecule has 1 N–H and O–H groups in total. The molecule has 0 aromatic heterocycles. The Hall–Kier alpha value is -1.33. The van der Waals surface area contributed by atoms with Crippen molar-refractivity contribution in [1.29, 1.82) is 5.26 Å². The number of hydrogen-bond acceptors (Lipinski definition) is 2. The van der Waals surface area contributed by atoms with E-state index in [1.165, 1.54) is 19.3 Å². The molecular formula is C18H25NO. The molecule has 1 saturated carbocycles. The average molecular weight is 271 g/mol. The van der Waals surface area contributed by atoms with E-state index in [1.54, 1.807) is 0 Å². The summed E-state index contributed by atoms with van der Waals surface area (Å²) < 4.78 is 0. The first-order valence-corrected chi connectivity index (χ1v) is 7.73. The van der Waals surface area contributed by atoms with Gasteiger partial charge in [0.2, 0.25) is 0 Å². The van der Waals surface area contributed by atoms with Gasteiger partial charge in [0.15, 0.2) is 0 Å². The van der Waals surface area contributed by atoms with E-state index in [-0.39, 0.29) is 0 Å². The van der Waals surface area contributed by atoms with Crippen molar-refractivity contribution in [3.8, 4) is 6.07 Å². The van der Waals surface area contributed by atoms with Crippen LogP contribution in [-0.2, 0) is 5.60 Å². The van der Waals surface area contributed by atoms with Crippen LogP contribution >= 0.6 is 0 Å². The Kier molecular flexibility index (Phi) is 4.50. The quantitative estimate of drug-likeness (QED) is 0.863. The molecule has 0 amide bonds. The van der Waals surface area contributed by atoms with Gasteiger partial charge >= 0.3 is 0 Å². The minimum atomic E-state index is -1.08. The molecule has 0 radical (unpaired) electrons. The molecule has 0 heterocycles. The smallest absolute Gasteiger partial charge is 0.106 e. The van der Waals surface area contributed by atoms with Crippen LogP contribution in [0, 0.1) is 23.7 Å². The number of aliphatic hydroxyl groups is 1. The lowest BCUT2D eigenvalue weighted by atomic mass is 9.63. The fourth-order valence-electron chi connectivity index (χ4n) is 3.59. The van der Waals surface area contributed by atoms with Crippen molar-refractivity contribution in [3.05, 3.63) is 35.4 Å². The van der Waals surface area contributed by atoms with Gasteiger partial charge in [0.05, 0.1) is 11.5 Å². The minimum Gasteiger partial charge on any atom is -0.384 e. The summed E-state index contributed by atoms with van der Waals surface area (Å²) in [6.07, 6.45) is 7.27. The zero-order valence-electron chi connectivity index (χ0n) is 12.7. The van der Waals surface area contributed by atoms with Gasteiger partial charge in [-0.15, -0.1) is 0 Å². The molecule has 2 nitrogen and oxygen atoms in total. The molecule has 1 atom stereocenters. The first-order chi connectivity index (χ1) is 9.53. The predicted octanol–water partition coefficient (Wildman–Crippen LogP) is 4.46. The second-order valence-corrected chi connectivity index (χ2v) is 6.35. The van der Waals surface area contributed by atoms with E-state index >= 15 is 0 Å². The van der Waals surface area contributed by atoms with E-state index in [0.717, 1.165) is 36.8 Å². The third-order valence-corrected chi connectivity index (χ3v) is 5.02. The molecule has 1 aromatic rings. The number of hydrogen-bond donors (Lipinski definition) is 1. The standard InChI is InChI=1S/C18H25NO/c1-15-10-6-7-11-16(15)17(2,20)18(14-19)12-8-4-3-5-9-13-18/h6-7,10-11,20H,3-5,8-9,12-13H2,1-2H3. The van der Waals surface area contributed by atoms with Gasteiger partial charge in [0, 0.05) is 0 Å². The van der Waals surface area contributed by atoms with Gasteiger partial charge in [0.1, 0.15) is 5.60 Å². The third kappa shape index (κ3) is 2.60. The zero-order chi connectivity index (χ0) is 14.6. The van der Waals surface area contributed by atoms with Gasteiger partial charge in [-0.3, -0.25) is 0 Å².